The molecule has 1 N–H and O–H groups in total. The van der Waals surface area contributed by atoms with E-state index in [1.165, 1.54) is 18.2 Å². The van der Waals surface area contributed by atoms with Crippen LogP contribution in [-0.4, -0.2) is 24.5 Å². The number of hydrogen-bond donors (Lipinski definition) is 1. The summed E-state index contributed by atoms with van der Waals surface area (Å²) in [6.45, 7) is 2.60. The summed E-state index contributed by atoms with van der Waals surface area (Å²) in [5.41, 5.74) is 1.09. The van der Waals surface area contributed by atoms with Crippen molar-refractivity contribution in [2.75, 3.05) is 11.5 Å². The molecule has 0 saturated carbocycles. The van der Waals surface area contributed by atoms with Crippen LogP contribution in [0.2, 0.25) is 0 Å². The first kappa shape index (κ1) is 25.1. The van der Waals surface area contributed by atoms with Crippen molar-refractivity contribution in [1.82, 2.24) is 5.32 Å². The van der Waals surface area contributed by atoms with Crippen LogP contribution in [0.4, 0.5) is 14.9 Å². The molecular weight excluding hydrogens is 531 g/mol. The Balaban J connectivity index is 1.62. The lowest BCUT2D eigenvalue weighted by Gasteiger charge is -2.26. The van der Waals surface area contributed by atoms with E-state index >= 15 is 0 Å². The van der Waals surface area contributed by atoms with Gasteiger partial charge in [0.1, 0.15) is 29.5 Å². The summed E-state index contributed by atoms with van der Waals surface area (Å²) >= 11 is 3.38. The van der Waals surface area contributed by atoms with Gasteiger partial charge in [-0.2, -0.15) is 0 Å². The molecule has 0 bridgehead atoms. The molecule has 4 amide bonds. The standard InChI is InChI=1S/C27H22BrFN2O5/c1-2-12-35-22-9-7-21(8-10-22)31-26(33)23(25(32)30-27(31)34)15-18-14-19(28)6-11-24(18)36-16-17-4-3-5-20(29)13-17/h3-11,13-15H,2,12,16H2,1H3,(H,30,32,34)/b23-15-. The lowest BCUT2D eigenvalue weighted by atomic mass is 10.1. The van der Waals surface area contributed by atoms with E-state index < -0.39 is 17.8 Å². The van der Waals surface area contributed by atoms with Crippen LogP contribution < -0.4 is 19.7 Å². The monoisotopic (exact) mass is 552 g/mol. The third-order valence-electron chi connectivity index (χ3n) is 5.22. The van der Waals surface area contributed by atoms with Gasteiger partial charge in [-0.3, -0.25) is 14.9 Å². The third kappa shape index (κ3) is 5.80. The highest BCUT2D eigenvalue weighted by Gasteiger charge is 2.37. The first-order valence-corrected chi connectivity index (χ1v) is 12.0. The maximum atomic E-state index is 13.5. The maximum absolute atomic E-state index is 13.5. The molecule has 0 aliphatic carbocycles. The highest BCUT2D eigenvalue weighted by atomic mass is 79.9. The number of barbiturate groups is 1. The first-order chi connectivity index (χ1) is 17.4. The van der Waals surface area contributed by atoms with Gasteiger partial charge in [0.05, 0.1) is 12.3 Å². The Kier molecular flexibility index (Phi) is 7.80. The molecule has 0 radical (unpaired) electrons. The van der Waals surface area contributed by atoms with Gasteiger partial charge in [-0.25, -0.2) is 14.1 Å². The molecule has 1 saturated heterocycles. The average Bonchev–Trinajstić information content (AvgIpc) is 2.85. The first-order valence-electron chi connectivity index (χ1n) is 11.2. The van der Waals surface area contributed by atoms with Crippen LogP contribution in [0, 0.1) is 5.82 Å². The average molecular weight is 553 g/mol. The minimum Gasteiger partial charge on any atom is -0.494 e. The van der Waals surface area contributed by atoms with Gasteiger partial charge in [0.15, 0.2) is 0 Å². The van der Waals surface area contributed by atoms with Gasteiger partial charge >= 0.3 is 6.03 Å². The van der Waals surface area contributed by atoms with Crippen LogP contribution >= 0.6 is 15.9 Å². The van der Waals surface area contributed by atoms with Crippen molar-refractivity contribution in [2.45, 2.75) is 20.0 Å². The molecule has 7 nitrogen and oxygen atoms in total. The summed E-state index contributed by atoms with van der Waals surface area (Å²) in [7, 11) is 0. The third-order valence-corrected chi connectivity index (χ3v) is 5.72. The van der Waals surface area contributed by atoms with E-state index in [-0.39, 0.29) is 23.7 Å². The van der Waals surface area contributed by atoms with Gasteiger partial charge in [-0.05, 0) is 72.7 Å². The van der Waals surface area contributed by atoms with E-state index in [9.17, 15) is 18.8 Å². The Morgan fingerprint density at radius 3 is 2.50 bits per heavy atom. The number of imide groups is 2. The van der Waals surface area contributed by atoms with Crippen molar-refractivity contribution in [1.29, 1.82) is 0 Å². The van der Waals surface area contributed by atoms with Crippen molar-refractivity contribution >= 4 is 45.5 Å². The molecule has 0 unspecified atom stereocenters. The molecule has 184 valence electrons. The van der Waals surface area contributed by atoms with Crippen LogP contribution in [0.5, 0.6) is 11.5 Å². The lowest BCUT2D eigenvalue weighted by Crippen LogP contribution is -2.54. The smallest absolute Gasteiger partial charge is 0.335 e. The van der Waals surface area contributed by atoms with Crippen LogP contribution in [-0.2, 0) is 16.2 Å². The molecule has 1 heterocycles. The highest BCUT2D eigenvalue weighted by molar-refractivity contribution is 9.10. The SMILES string of the molecule is CCCOc1ccc(N2C(=O)NC(=O)/C(=C/c3cc(Br)ccc3OCc3cccc(F)c3)C2=O)cc1. The number of rotatable bonds is 8. The second kappa shape index (κ2) is 11.2. The lowest BCUT2D eigenvalue weighted by molar-refractivity contribution is -0.122. The molecule has 9 heteroatoms. The van der Waals surface area contributed by atoms with Gasteiger partial charge in [-0.1, -0.05) is 35.0 Å². The molecule has 0 spiro atoms. The second-order valence-corrected chi connectivity index (χ2v) is 8.82. The number of nitrogens with one attached hydrogen (secondary N) is 1. The number of urea groups is 1. The van der Waals surface area contributed by atoms with Crippen LogP contribution in [0.15, 0.2) is 76.8 Å². The van der Waals surface area contributed by atoms with Crippen molar-refractivity contribution in [3.05, 3.63) is 93.7 Å². The predicted octanol–water partition coefficient (Wildman–Crippen LogP) is 5.62. The van der Waals surface area contributed by atoms with Gasteiger partial charge in [0.25, 0.3) is 11.8 Å². The number of nitrogens with zero attached hydrogens (tertiary/aromatic N) is 1. The molecular formula is C27H22BrFN2O5. The number of carbonyl (C=O) groups is 3. The molecule has 4 rings (SSSR count). The van der Waals surface area contributed by atoms with E-state index in [1.807, 2.05) is 6.92 Å². The molecule has 0 atom stereocenters. The zero-order valence-corrected chi connectivity index (χ0v) is 20.9. The summed E-state index contributed by atoms with van der Waals surface area (Å²) in [6, 6.07) is 16.7. The number of benzene rings is 3. The normalized spacial score (nSPS) is 14.7. The largest absolute Gasteiger partial charge is 0.494 e. The van der Waals surface area contributed by atoms with E-state index in [4.69, 9.17) is 9.47 Å². The Labute approximate surface area is 215 Å². The van der Waals surface area contributed by atoms with Crippen LogP contribution in [0.1, 0.15) is 24.5 Å². The van der Waals surface area contributed by atoms with Crippen molar-refractivity contribution in [3.63, 3.8) is 0 Å². The molecule has 0 aromatic heterocycles. The Morgan fingerprint density at radius 2 is 1.78 bits per heavy atom. The van der Waals surface area contributed by atoms with E-state index in [1.54, 1.807) is 54.6 Å². The number of amides is 4. The minimum absolute atomic E-state index is 0.0762. The number of halogens is 2. The van der Waals surface area contributed by atoms with E-state index in [2.05, 4.69) is 21.2 Å². The predicted molar refractivity (Wildman–Crippen MR) is 136 cm³/mol. The van der Waals surface area contributed by atoms with Crippen molar-refractivity contribution in [3.8, 4) is 11.5 Å². The number of ether oxygens (including phenoxy) is 2. The zero-order chi connectivity index (χ0) is 25.7. The van der Waals surface area contributed by atoms with E-state index in [0.29, 0.717) is 33.7 Å². The summed E-state index contributed by atoms with van der Waals surface area (Å²) in [6.07, 6.45) is 2.20. The Morgan fingerprint density at radius 1 is 1.00 bits per heavy atom. The quantitative estimate of drug-likeness (QED) is 0.289. The molecule has 3 aromatic carbocycles. The topological polar surface area (TPSA) is 84.9 Å². The van der Waals surface area contributed by atoms with Crippen molar-refractivity contribution in [2.24, 2.45) is 0 Å². The highest BCUT2D eigenvalue weighted by Crippen LogP contribution is 2.29. The molecule has 1 fully saturated rings. The Hall–Kier alpha value is -3.98. The molecule has 3 aromatic rings. The van der Waals surface area contributed by atoms with Crippen LogP contribution in [0.25, 0.3) is 6.08 Å². The van der Waals surface area contributed by atoms with Gasteiger partial charge < -0.3 is 9.47 Å². The maximum Gasteiger partial charge on any atom is 0.335 e. The van der Waals surface area contributed by atoms with Crippen molar-refractivity contribution < 1.29 is 28.2 Å². The second-order valence-electron chi connectivity index (χ2n) is 7.90. The van der Waals surface area contributed by atoms with Crippen LogP contribution in [0.3, 0.4) is 0 Å². The molecule has 1 aliphatic rings. The summed E-state index contributed by atoms with van der Waals surface area (Å²) in [5, 5.41) is 2.21. The summed E-state index contributed by atoms with van der Waals surface area (Å²) < 4.78 is 25.6. The Bertz CT molecular complexity index is 1340. The fourth-order valence-corrected chi connectivity index (χ4v) is 3.89. The summed E-state index contributed by atoms with van der Waals surface area (Å²) in [5.74, 6) is -1.00. The summed E-state index contributed by atoms with van der Waals surface area (Å²) in [4.78, 5) is 39.3. The zero-order valence-electron chi connectivity index (χ0n) is 19.3. The fourth-order valence-electron chi connectivity index (χ4n) is 3.51. The molecule has 36 heavy (non-hydrogen) atoms. The van der Waals surface area contributed by atoms with E-state index in [0.717, 1.165) is 11.3 Å². The number of hydrogen-bond acceptors (Lipinski definition) is 5. The number of anilines is 1. The van der Waals surface area contributed by atoms with Gasteiger partial charge in [0.2, 0.25) is 0 Å². The van der Waals surface area contributed by atoms with Gasteiger partial charge in [-0.15, -0.1) is 0 Å². The number of carbonyl (C=O) groups excluding carboxylic acids is 3. The van der Waals surface area contributed by atoms with Gasteiger partial charge in [0, 0.05) is 10.0 Å². The fraction of sp³-hybridized carbons (Fsp3) is 0.148. The minimum atomic E-state index is -0.846. The molecule has 1 aliphatic heterocycles.